The van der Waals surface area contributed by atoms with Crippen LogP contribution in [0.15, 0.2) is 54.6 Å². The van der Waals surface area contributed by atoms with E-state index in [0.717, 1.165) is 44.0 Å². The third-order valence-electron chi connectivity index (χ3n) is 4.71. The van der Waals surface area contributed by atoms with E-state index in [-0.39, 0.29) is 12.7 Å². The van der Waals surface area contributed by atoms with Crippen molar-refractivity contribution in [3.8, 4) is 11.5 Å². The van der Waals surface area contributed by atoms with Crippen LogP contribution in [0.2, 0.25) is 0 Å². The van der Waals surface area contributed by atoms with Gasteiger partial charge in [-0.25, -0.2) is 0 Å². The predicted molar refractivity (Wildman–Crippen MR) is 105 cm³/mol. The first kappa shape index (κ1) is 19.7. The molecule has 5 heteroatoms. The van der Waals surface area contributed by atoms with Crippen molar-refractivity contribution in [3.63, 3.8) is 0 Å². The molecule has 0 aromatic heterocycles. The van der Waals surface area contributed by atoms with Crippen LogP contribution in [-0.4, -0.2) is 55.6 Å². The zero-order chi connectivity index (χ0) is 18.9. The molecule has 0 spiro atoms. The summed E-state index contributed by atoms with van der Waals surface area (Å²) in [4.78, 5) is 2.25. The van der Waals surface area contributed by atoms with Gasteiger partial charge in [0.05, 0.1) is 13.2 Å². The number of hydrogen-bond donors (Lipinski definition) is 1. The number of benzene rings is 2. The van der Waals surface area contributed by atoms with Gasteiger partial charge in [-0.1, -0.05) is 30.3 Å². The Kier molecular flexibility index (Phi) is 7.51. The highest BCUT2D eigenvalue weighted by molar-refractivity contribution is 5.27. The molecule has 146 valence electrons. The summed E-state index contributed by atoms with van der Waals surface area (Å²) in [5.41, 5.74) is 1.19. The topological polar surface area (TPSA) is 51.2 Å². The van der Waals surface area contributed by atoms with Gasteiger partial charge in [0.25, 0.3) is 0 Å². The summed E-state index contributed by atoms with van der Waals surface area (Å²) in [6.45, 7) is 3.22. The number of ether oxygens (including phenoxy) is 3. The maximum absolute atomic E-state index is 10.5. The summed E-state index contributed by atoms with van der Waals surface area (Å²) in [5.74, 6) is 1.62. The minimum atomic E-state index is -0.565. The minimum Gasteiger partial charge on any atom is -0.497 e. The van der Waals surface area contributed by atoms with Crippen LogP contribution in [0.3, 0.4) is 0 Å². The van der Waals surface area contributed by atoms with Crippen molar-refractivity contribution in [2.24, 2.45) is 0 Å². The SMILES string of the molecule is COc1ccc(CN(CC(O)COc2ccccc2)CC2CCCO2)cc1. The molecule has 2 unspecified atom stereocenters. The maximum Gasteiger partial charge on any atom is 0.119 e. The van der Waals surface area contributed by atoms with Crippen LogP contribution in [0, 0.1) is 0 Å². The molecule has 3 rings (SSSR count). The lowest BCUT2D eigenvalue weighted by Crippen LogP contribution is -2.39. The van der Waals surface area contributed by atoms with Crippen LogP contribution in [-0.2, 0) is 11.3 Å². The fraction of sp³-hybridized carbons (Fsp3) is 0.455. The Morgan fingerprint density at radius 2 is 1.89 bits per heavy atom. The van der Waals surface area contributed by atoms with E-state index in [2.05, 4.69) is 17.0 Å². The predicted octanol–water partition coefficient (Wildman–Crippen LogP) is 3.12. The third kappa shape index (κ3) is 6.54. The number of aliphatic hydroxyl groups is 1. The molecule has 1 aliphatic heterocycles. The zero-order valence-electron chi connectivity index (χ0n) is 15.9. The molecule has 1 N–H and O–H groups in total. The lowest BCUT2D eigenvalue weighted by molar-refractivity contribution is 0.0313. The van der Waals surface area contributed by atoms with E-state index < -0.39 is 6.10 Å². The van der Waals surface area contributed by atoms with Gasteiger partial charge in [0, 0.05) is 26.2 Å². The van der Waals surface area contributed by atoms with E-state index in [1.165, 1.54) is 5.56 Å². The van der Waals surface area contributed by atoms with Gasteiger partial charge in [0.1, 0.15) is 24.2 Å². The van der Waals surface area contributed by atoms with Crippen LogP contribution in [0.4, 0.5) is 0 Å². The van der Waals surface area contributed by atoms with Crippen molar-refractivity contribution in [1.29, 1.82) is 0 Å². The van der Waals surface area contributed by atoms with Crippen molar-refractivity contribution in [2.45, 2.75) is 31.6 Å². The van der Waals surface area contributed by atoms with Crippen molar-refractivity contribution in [2.75, 3.05) is 33.4 Å². The largest absolute Gasteiger partial charge is 0.497 e. The summed E-state index contributed by atoms with van der Waals surface area (Å²) < 4.78 is 16.7. The van der Waals surface area contributed by atoms with Gasteiger partial charge in [0.2, 0.25) is 0 Å². The van der Waals surface area contributed by atoms with Crippen LogP contribution in [0.1, 0.15) is 18.4 Å². The van der Waals surface area contributed by atoms with Gasteiger partial charge < -0.3 is 19.3 Å². The molecule has 0 bridgehead atoms. The second kappa shape index (κ2) is 10.3. The Bertz CT molecular complexity index is 656. The van der Waals surface area contributed by atoms with Crippen molar-refractivity contribution in [1.82, 2.24) is 4.90 Å². The van der Waals surface area contributed by atoms with Gasteiger partial charge in [-0.05, 0) is 42.7 Å². The van der Waals surface area contributed by atoms with Gasteiger partial charge >= 0.3 is 0 Å². The number of hydrogen-bond acceptors (Lipinski definition) is 5. The Morgan fingerprint density at radius 3 is 2.56 bits per heavy atom. The summed E-state index contributed by atoms with van der Waals surface area (Å²) in [6.07, 6.45) is 1.87. The van der Waals surface area contributed by atoms with E-state index in [0.29, 0.717) is 6.54 Å². The lowest BCUT2D eigenvalue weighted by Gasteiger charge is -2.27. The summed E-state index contributed by atoms with van der Waals surface area (Å²) in [5, 5.41) is 10.5. The van der Waals surface area contributed by atoms with Crippen LogP contribution < -0.4 is 9.47 Å². The van der Waals surface area contributed by atoms with Crippen molar-refractivity contribution >= 4 is 0 Å². The molecule has 5 nitrogen and oxygen atoms in total. The summed E-state index contributed by atoms with van der Waals surface area (Å²) >= 11 is 0. The second-order valence-electron chi connectivity index (χ2n) is 6.96. The number of methoxy groups -OCH3 is 1. The maximum atomic E-state index is 10.5. The monoisotopic (exact) mass is 371 g/mol. The van der Waals surface area contributed by atoms with E-state index >= 15 is 0 Å². The smallest absolute Gasteiger partial charge is 0.119 e. The lowest BCUT2D eigenvalue weighted by atomic mass is 10.1. The van der Waals surface area contributed by atoms with Crippen LogP contribution >= 0.6 is 0 Å². The summed E-state index contributed by atoms with van der Waals surface area (Å²) in [7, 11) is 1.67. The Labute approximate surface area is 161 Å². The van der Waals surface area contributed by atoms with Gasteiger partial charge in [-0.15, -0.1) is 0 Å². The molecule has 0 radical (unpaired) electrons. The number of nitrogens with zero attached hydrogens (tertiary/aromatic N) is 1. The highest BCUT2D eigenvalue weighted by atomic mass is 16.5. The minimum absolute atomic E-state index is 0.241. The second-order valence-corrected chi connectivity index (χ2v) is 6.96. The van der Waals surface area contributed by atoms with E-state index in [1.807, 2.05) is 42.5 Å². The fourth-order valence-corrected chi connectivity index (χ4v) is 3.33. The van der Waals surface area contributed by atoms with Crippen LogP contribution in [0.5, 0.6) is 11.5 Å². The summed E-state index contributed by atoms with van der Waals surface area (Å²) in [6, 6.07) is 17.7. The molecule has 0 aliphatic carbocycles. The molecule has 2 aromatic rings. The number of para-hydroxylation sites is 1. The highest BCUT2D eigenvalue weighted by Crippen LogP contribution is 2.17. The molecule has 27 heavy (non-hydrogen) atoms. The molecule has 2 aromatic carbocycles. The van der Waals surface area contributed by atoms with Gasteiger partial charge in [0.15, 0.2) is 0 Å². The first-order valence-electron chi connectivity index (χ1n) is 9.56. The van der Waals surface area contributed by atoms with E-state index in [4.69, 9.17) is 14.2 Å². The van der Waals surface area contributed by atoms with Gasteiger partial charge in [-0.2, -0.15) is 0 Å². The van der Waals surface area contributed by atoms with E-state index in [9.17, 15) is 5.11 Å². The molecular formula is C22H29NO4. The highest BCUT2D eigenvalue weighted by Gasteiger charge is 2.21. The number of aliphatic hydroxyl groups excluding tert-OH is 1. The standard InChI is InChI=1S/C22H29NO4/c1-25-20-11-9-18(10-12-20)14-23(16-22-8-5-13-26-22)15-19(24)17-27-21-6-3-2-4-7-21/h2-4,6-7,9-12,19,22,24H,5,8,13-17H2,1H3. The quantitative estimate of drug-likeness (QED) is 0.695. The Hall–Kier alpha value is -2.08. The Balaban J connectivity index is 1.56. The average Bonchev–Trinajstić information content (AvgIpc) is 3.21. The molecule has 2 atom stereocenters. The number of rotatable bonds is 10. The van der Waals surface area contributed by atoms with Crippen molar-refractivity contribution < 1.29 is 19.3 Å². The molecule has 0 amide bonds. The zero-order valence-corrected chi connectivity index (χ0v) is 15.9. The third-order valence-corrected chi connectivity index (χ3v) is 4.71. The molecule has 1 heterocycles. The fourth-order valence-electron chi connectivity index (χ4n) is 3.33. The van der Waals surface area contributed by atoms with Crippen molar-refractivity contribution in [3.05, 3.63) is 60.2 Å². The molecule has 1 aliphatic rings. The first-order valence-corrected chi connectivity index (χ1v) is 9.56. The normalized spacial score (nSPS) is 17.8. The molecule has 1 saturated heterocycles. The molecule has 1 fully saturated rings. The van der Waals surface area contributed by atoms with Gasteiger partial charge in [-0.3, -0.25) is 4.90 Å². The average molecular weight is 371 g/mol. The molecule has 0 saturated carbocycles. The molecular weight excluding hydrogens is 342 g/mol. The first-order chi connectivity index (χ1) is 13.2. The van der Waals surface area contributed by atoms with E-state index in [1.54, 1.807) is 7.11 Å². The Morgan fingerprint density at radius 1 is 1.11 bits per heavy atom. The van der Waals surface area contributed by atoms with Crippen LogP contribution in [0.25, 0.3) is 0 Å².